The Morgan fingerprint density at radius 2 is 1.77 bits per heavy atom. The molecule has 1 aliphatic heterocycles. The van der Waals surface area contributed by atoms with E-state index in [4.69, 9.17) is 0 Å². The average molecular weight is 377 g/mol. The van der Waals surface area contributed by atoms with Gasteiger partial charge in [0, 0.05) is 26.1 Å². The van der Waals surface area contributed by atoms with Gasteiger partial charge in [0.15, 0.2) is 0 Å². The molecule has 0 amide bonds. The van der Waals surface area contributed by atoms with E-state index in [0.717, 1.165) is 6.07 Å². The van der Waals surface area contributed by atoms with Crippen molar-refractivity contribution in [2.45, 2.75) is 31.9 Å². The van der Waals surface area contributed by atoms with Gasteiger partial charge in [-0.25, -0.2) is 4.98 Å². The van der Waals surface area contributed by atoms with Crippen LogP contribution in [0.3, 0.4) is 0 Å². The van der Waals surface area contributed by atoms with Crippen LogP contribution in [0.25, 0.3) is 0 Å². The van der Waals surface area contributed by atoms with Crippen LogP contribution in [-0.2, 0) is 31.9 Å². The number of aromatic nitrogens is 2. The highest BCUT2D eigenvalue weighted by atomic mass is 19.4. The van der Waals surface area contributed by atoms with Gasteiger partial charge >= 0.3 is 12.4 Å². The molecule has 0 atom stereocenters. The summed E-state index contributed by atoms with van der Waals surface area (Å²) in [5, 5.41) is 0. The summed E-state index contributed by atoms with van der Waals surface area (Å²) >= 11 is 0. The molecular weight excluding hydrogens is 364 g/mol. The Bertz CT molecular complexity index is 872. The predicted molar refractivity (Wildman–Crippen MR) is 79.1 cm³/mol. The SMILES string of the molecule is O=c1[nH]c(C(F)(F)F)nc2c1CN(Cc1ccccc1C(F)(F)F)CC2. The summed E-state index contributed by atoms with van der Waals surface area (Å²) in [5.41, 5.74) is -1.57. The maximum atomic E-state index is 13.1. The first kappa shape index (κ1) is 18.4. The van der Waals surface area contributed by atoms with Crippen molar-refractivity contribution in [3.05, 3.63) is 62.8 Å². The highest BCUT2D eigenvalue weighted by Gasteiger charge is 2.36. The second-order valence-electron chi connectivity index (χ2n) is 5.95. The zero-order chi connectivity index (χ0) is 19.1. The minimum atomic E-state index is -4.77. The largest absolute Gasteiger partial charge is 0.449 e. The van der Waals surface area contributed by atoms with Crippen LogP contribution in [0.4, 0.5) is 26.3 Å². The van der Waals surface area contributed by atoms with Gasteiger partial charge in [0.1, 0.15) is 0 Å². The van der Waals surface area contributed by atoms with E-state index >= 15 is 0 Å². The number of nitrogens with zero attached hydrogens (tertiary/aromatic N) is 2. The van der Waals surface area contributed by atoms with E-state index in [-0.39, 0.29) is 42.9 Å². The zero-order valence-electron chi connectivity index (χ0n) is 13.2. The molecule has 140 valence electrons. The lowest BCUT2D eigenvalue weighted by atomic mass is 10.0. The van der Waals surface area contributed by atoms with Crippen molar-refractivity contribution in [1.82, 2.24) is 14.9 Å². The second kappa shape index (κ2) is 6.42. The van der Waals surface area contributed by atoms with Crippen LogP contribution in [0.2, 0.25) is 0 Å². The molecule has 1 aromatic heterocycles. The molecule has 26 heavy (non-hydrogen) atoms. The summed E-state index contributed by atoms with van der Waals surface area (Å²) in [5.74, 6) is -1.36. The fourth-order valence-corrected chi connectivity index (χ4v) is 2.93. The van der Waals surface area contributed by atoms with E-state index in [2.05, 4.69) is 4.98 Å². The number of hydrogen-bond acceptors (Lipinski definition) is 3. The van der Waals surface area contributed by atoms with E-state index < -0.39 is 29.3 Å². The first-order chi connectivity index (χ1) is 12.1. The highest BCUT2D eigenvalue weighted by molar-refractivity contribution is 5.30. The van der Waals surface area contributed by atoms with Gasteiger partial charge < -0.3 is 4.98 Å². The molecule has 0 bridgehead atoms. The Kier molecular flexibility index (Phi) is 4.55. The summed E-state index contributed by atoms with van der Waals surface area (Å²) in [4.78, 5) is 18.7. The van der Waals surface area contributed by atoms with Gasteiger partial charge in [0.05, 0.1) is 16.8 Å². The quantitative estimate of drug-likeness (QED) is 0.817. The number of aromatic amines is 1. The molecule has 10 heteroatoms. The highest BCUT2D eigenvalue weighted by Crippen LogP contribution is 2.33. The fourth-order valence-electron chi connectivity index (χ4n) is 2.93. The molecule has 0 aliphatic carbocycles. The van der Waals surface area contributed by atoms with E-state index in [1.54, 1.807) is 9.88 Å². The molecule has 0 saturated carbocycles. The Morgan fingerprint density at radius 3 is 2.42 bits per heavy atom. The third-order valence-electron chi connectivity index (χ3n) is 4.13. The molecule has 0 spiro atoms. The van der Waals surface area contributed by atoms with Crippen LogP contribution in [-0.4, -0.2) is 21.4 Å². The number of hydrogen-bond donors (Lipinski definition) is 1. The van der Waals surface area contributed by atoms with Gasteiger partial charge in [0.25, 0.3) is 5.56 Å². The summed E-state index contributed by atoms with van der Waals surface area (Å²) < 4.78 is 77.3. The summed E-state index contributed by atoms with van der Waals surface area (Å²) in [6.07, 6.45) is -9.22. The lowest BCUT2D eigenvalue weighted by Crippen LogP contribution is -2.37. The molecule has 0 radical (unpaired) electrons. The molecule has 1 aliphatic rings. The van der Waals surface area contributed by atoms with Gasteiger partial charge in [-0.3, -0.25) is 9.69 Å². The number of H-pyrrole nitrogens is 1. The molecule has 1 aromatic carbocycles. The topological polar surface area (TPSA) is 49.0 Å². The number of rotatable bonds is 2. The van der Waals surface area contributed by atoms with E-state index in [9.17, 15) is 31.1 Å². The van der Waals surface area contributed by atoms with Crippen molar-refractivity contribution in [3.63, 3.8) is 0 Å². The maximum Gasteiger partial charge on any atom is 0.449 e. The van der Waals surface area contributed by atoms with Gasteiger partial charge in [-0.05, 0) is 11.6 Å². The number of fused-ring (bicyclic) bond motifs is 1. The molecule has 0 fully saturated rings. The molecule has 0 unspecified atom stereocenters. The normalized spacial score (nSPS) is 15.8. The van der Waals surface area contributed by atoms with Crippen molar-refractivity contribution in [2.24, 2.45) is 0 Å². The standard InChI is InChI=1S/C16H13F6N3O/c17-15(18,19)11-4-2-1-3-9(11)7-25-6-5-12-10(8-25)13(26)24-14(23-12)16(20,21)22/h1-4H,5-8H2,(H,23,24,26). The fraction of sp³-hybridized carbons (Fsp3) is 0.375. The first-order valence-corrected chi connectivity index (χ1v) is 7.62. The molecule has 2 heterocycles. The van der Waals surface area contributed by atoms with Crippen molar-refractivity contribution >= 4 is 0 Å². The molecule has 4 nitrogen and oxygen atoms in total. The van der Waals surface area contributed by atoms with Gasteiger partial charge in [-0.15, -0.1) is 0 Å². The van der Waals surface area contributed by atoms with Crippen LogP contribution in [0.1, 0.15) is 28.2 Å². The lowest BCUT2D eigenvalue weighted by molar-refractivity contribution is -0.145. The molecule has 1 N–H and O–H groups in total. The smallest absolute Gasteiger partial charge is 0.303 e. The second-order valence-corrected chi connectivity index (χ2v) is 5.95. The summed E-state index contributed by atoms with van der Waals surface area (Å²) in [7, 11) is 0. The van der Waals surface area contributed by atoms with Gasteiger partial charge in [-0.2, -0.15) is 26.3 Å². The number of nitrogens with one attached hydrogen (secondary N) is 1. The predicted octanol–water partition coefficient (Wildman–Crippen LogP) is 3.37. The Morgan fingerprint density at radius 1 is 1.08 bits per heavy atom. The number of halogens is 6. The number of benzene rings is 1. The van der Waals surface area contributed by atoms with Crippen LogP contribution in [0, 0.1) is 0 Å². The molecule has 2 aromatic rings. The van der Waals surface area contributed by atoms with E-state index in [1.807, 2.05) is 0 Å². The van der Waals surface area contributed by atoms with Crippen molar-refractivity contribution in [3.8, 4) is 0 Å². The monoisotopic (exact) mass is 377 g/mol. The Hall–Kier alpha value is -2.36. The van der Waals surface area contributed by atoms with Crippen molar-refractivity contribution < 1.29 is 26.3 Å². The average Bonchev–Trinajstić information content (AvgIpc) is 2.54. The zero-order valence-corrected chi connectivity index (χ0v) is 13.2. The van der Waals surface area contributed by atoms with Crippen LogP contribution >= 0.6 is 0 Å². The molecule has 3 rings (SSSR count). The van der Waals surface area contributed by atoms with Crippen LogP contribution < -0.4 is 5.56 Å². The summed E-state index contributed by atoms with van der Waals surface area (Å²) in [6, 6.07) is 5.07. The maximum absolute atomic E-state index is 13.1. The number of alkyl halides is 6. The third-order valence-corrected chi connectivity index (χ3v) is 4.13. The van der Waals surface area contributed by atoms with Crippen molar-refractivity contribution in [2.75, 3.05) is 6.54 Å². The molecular formula is C16H13F6N3O. The van der Waals surface area contributed by atoms with Gasteiger partial charge in [-0.1, -0.05) is 18.2 Å². The summed E-state index contributed by atoms with van der Waals surface area (Å²) in [6.45, 7) is 0.0600. The first-order valence-electron chi connectivity index (χ1n) is 7.62. The molecule has 0 saturated heterocycles. The van der Waals surface area contributed by atoms with Gasteiger partial charge in [0.2, 0.25) is 5.82 Å². The minimum absolute atomic E-state index is 0.0291. The van der Waals surface area contributed by atoms with E-state index in [1.165, 1.54) is 18.2 Å². The van der Waals surface area contributed by atoms with Crippen LogP contribution in [0.15, 0.2) is 29.1 Å². The van der Waals surface area contributed by atoms with Crippen molar-refractivity contribution in [1.29, 1.82) is 0 Å². The van der Waals surface area contributed by atoms with E-state index in [0.29, 0.717) is 0 Å². The Labute approximate surface area is 143 Å². The lowest BCUT2D eigenvalue weighted by Gasteiger charge is -2.28. The van der Waals surface area contributed by atoms with Crippen LogP contribution in [0.5, 0.6) is 0 Å². The third kappa shape index (κ3) is 3.74. The Balaban J connectivity index is 1.86. The minimum Gasteiger partial charge on any atom is -0.303 e.